The number of carbonyl (C=O) groups excluding carboxylic acids is 1. The third kappa shape index (κ3) is 7.26. The van der Waals surface area contributed by atoms with E-state index in [1.54, 1.807) is 30.0 Å². The first-order chi connectivity index (χ1) is 8.58. The summed E-state index contributed by atoms with van der Waals surface area (Å²) in [5.74, 6) is 1.33. The maximum Gasteiger partial charge on any atom is 0.230 e. The van der Waals surface area contributed by atoms with Gasteiger partial charge in [0.1, 0.15) is 0 Å². The van der Waals surface area contributed by atoms with E-state index in [2.05, 4.69) is 5.32 Å². The van der Waals surface area contributed by atoms with Crippen LogP contribution in [-0.4, -0.2) is 29.4 Å². The summed E-state index contributed by atoms with van der Waals surface area (Å²) in [6, 6.07) is 3.86. The Kier molecular flexibility index (Phi) is 7.74. The zero-order valence-corrected chi connectivity index (χ0v) is 12.7. The number of amides is 1. The van der Waals surface area contributed by atoms with Crippen molar-refractivity contribution in [3.05, 3.63) is 21.3 Å². The first-order valence-corrected chi connectivity index (χ1v) is 8.19. The number of halogens is 1. The molecule has 1 unspecified atom stereocenters. The minimum absolute atomic E-state index is 0.0493. The van der Waals surface area contributed by atoms with Gasteiger partial charge in [0.25, 0.3) is 0 Å². The highest BCUT2D eigenvalue weighted by Crippen LogP contribution is 2.24. The van der Waals surface area contributed by atoms with Gasteiger partial charge < -0.3 is 10.4 Å². The molecule has 1 heterocycles. The Labute approximate surface area is 121 Å². The smallest absolute Gasteiger partial charge is 0.230 e. The Balaban J connectivity index is 2.03. The van der Waals surface area contributed by atoms with Crippen LogP contribution in [0.5, 0.6) is 0 Å². The molecular weight excluding hydrogens is 290 g/mol. The second-order valence-corrected chi connectivity index (χ2v) is 6.83. The molecule has 0 aromatic carbocycles. The maximum absolute atomic E-state index is 11.5. The molecule has 1 aromatic rings. The van der Waals surface area contributed by atoms with Gasteiger partial charge in [0.2, 0.25) is 5.91 Å². The molecule has 18 heavy (non-hydrogen) atoms. The molecule has 1 aromatic heterocycles. The minimum Gasteiger partial charge on any atom is -0.393 e. The van der Waals surface area contributed by atoms with E-state index in [0.29, 0.717) is 12.3 Å². The van der Waals surface area contributed by atoms with Crippen molar-refractivity contribution in [1.82, 2.24) is 5.32 Å². The van der Waals surface area contributed by atoms with E-state index in [0.717, 1.165) is 22.9 Å². The number of nitrogens with one attached hydrogen (secondary N) is 1. The lowest BCUT2D eigenvalue weighted by Gasteiger charge is -2.06. The van der Waals surface area contributed by atoms with E-state index in [4.69, 9.17) is 16.7 Å². The van der Waals surface area contributed by atoms with Crippen molar-refractivity contribution >= 4 is 40.6 Å². The van der Waals surface area contributed by atoms with E-state index >= 15 is 0 Å². The molecule has 0 saturated carbocycles. The molecule has 0 aliphatic carbocycles. The molecule has 0 aliphatic rings. The molecule has 1 atom stereocenters. The standard InChI is InChI=1S/C12H18ClNO2S2/c1-9(15)3-2-6-14-12(16)8-17-7-10-4-5-11(13)18-10/h4-5,9,15H,2-3,6-8H2,1H3,(H,14,16). The van der Waals surface area contributed by atoms with Crippen LogP contribution in [-0.2, 0) is 10.5 Å². The summed E-state index contributed by atoms with van der Waals surface area (Å²) in [5.41, 5.74) is 0. The van der Waals surface area contributed by atoms with Gasteiger partial charge in [-0.25, -0.2) is 0 Å². The summed E-state index contributed by atoms with van der Waals surface area (Å²) in [6.45, 7) is 2.39. The predicted octanol–water partition coefficient (Wildman–Crippen LogP) is 2.91. The van der Waals surface area contributed by atoms with Gasteiger partial charge in [-0.1, -0.05) is 11.6 Å². The molecule has 1 rings (SSSR count). The molecule has 2 N–H and O–H groups in total. The second kappa shape index (κ2) is 8.80. The number of carbonyl (C=O) groups is 1. The Bertz CT molecular complexity index is 369. The van der Waals surface area contributed by atoms with Gasteiger partial charge in [-0.05, 0) is 31.9 Å². The molecular formula is C12H18ClNO2S2. The summed E-state index contributed by atoms with van der Waals surface area (Å²) in [4.78, 5) is 12.7. The topological polar surface area (TPSA) is 49.3 Å². The van der Waals surface area contributed by atoms with E-state index in [9.17, 15) is 4.79 Å². The van der Waals surface area contributed by atoms with Crippen LogP contribution >= 0.6 is 34.7 Å². The largest absolute Gasteiger partial charge is 0.393 e. The lowest BCUT2D eigenvalue weighted by Crippen LogP contribution is -2.26. The molecule has 0 aliphatic heterocycles. The molecule has 0 fully saturated rings. The van der Waals surface area contributed by atoms with Crippen molar-refractivity contribution in [3.63, 3.8) is 0 Å². The summed E-state index contributed by atoms with van der Waals surface area (Å²) >= 11 is 8.95. The molecule has 0 saturated heterocycles. The van der Waals surface area contributed by atoms with Crippen LogP contribution in [0, 0.1) is 0 Å². The summed E-state index contributed by atoms with van der Waals surface area (Å²) in [5, 5.41) is 11.9. The number of aliphatic hydroxyl groups is 1. The summed E-state index contributed by atoms with van der Waals surface area (Å²) in [7, 11) is 0. The lowest BCUT2D eigenvalue weighted by atomic mass is 10.2. The SMILES string of the molecule is CC(O)CCCNC(=O)CSCc1ccc(Cl)s1. The predicted molar refractivity (Wildman–Crippen MR) is 79.4 cm³/mol. The molecule has 3 nitrogen and oxygen atoms in total. The first kappa shape index (κ1) is 15.8. The average Bonchev–Trinajstić information content (AvgIpc) is 2.70. The second-order valence-electron chi connectivity index (χ2n) is 4.04. The number of thioether (sulfide) groups is 1. The van der Waals surface area contributed by atoms with Gasteiger partial charge in [0.15, 0.2) is 0 Å². The van der Waals surface area contributed by atoms with Crippen LogP contribution in [0.3, 0.4) is 0 Å². The third-order valence-electron chi connectivity index (χ3n) is 2.23. The molecule has 0 spiro atoms. The summed E-state index contributed by atoms with van der Waals surface area (Å²) < 4.78 is 0.785. The van der Waals surface area contributed by atoms with E-state index in [1.165, 1.54) is 4.88 Å². The fraction of sp³-hybridized carbons (Fsp3) is 0.583. The van der Waals surface area contributed by atoms with Crippen molar-refractivity contribution in [2.45, 2.75) is 31.6 Å². The van der Waals surface area contributed by atoms with Crippen LogP contribution in [0.4, 0.5) is 0 Å². The molecule has 1 amide bonds. The maximum atomic E-state index is 11.5. The number of aliphatic hydroxyl groups excluding tert-OH is 1. The highest BCUT2D eigenvalue weighted by molar-refractivity contribution is 7.99. The average molecular weight is 308 g/mol. The molecule has 0 bridgehead atoms. The Morgan fingerprint density at radius 3 is 3.00 bits per heavy atom. The molecule has 0 radical (unpaired) electrons. The van der Waals surface area contributed by atoms with Gasteiger partial charge in [0, 0.05) is 17.2 Å². The summed E-state index contributed by atoms with van der Waals surface area (Å²) in [6.07, 6.45) is 1.25. The van der Waals surface area contributed by atoms with Crippen LogP contribution in [0.15, 0.2) is 12.1 Å². The fourth-order valence-electron chi connectivity index (χ4n) is 1.35. The lowest BCUT2D eigenvalue weighted by molar-refractivity contribution is -0.118. The number of hydrogen-bond acceptors (Lipinski definition) is 4. The van der Waals surface area contributed by atoms with Gasteiger partial charge in [-0.2, -0.15) is 0 Å². The van der Waals surface area contributed by atoms with Gasteiger partial charge >= 0.3 is 0 Å². The van der Waals surface area contributed by atoms with Gasteiger partial charge in [0.05, 0.1) is 16.2 Å². The van der Waals surface area contributed by atoms with Crippen LogP contribution in [0.25, 0.3) is 0 Å². The van der Waals surface area contributed by atoms with Crippen molar-refractivity contribution in [1.29, 1.82) is 0 Å². The Morgan fingerprint density at radius 2 is 2.39 bits per heavy atom. The van der Waals surface area contributed by atoms with Crippen molar-refractivity contribution in [3.8, 4) is 0 Å². The first-order valence-electron chi connectivity index (χ1n) is 5.84. The molecule has 102 valence electrons. The monoisotopic (exact) mass is 307 g/mol. The zero-order chi connectivity index (χ0) is 13.4. The van der Waals surface area contributed by atoms with Gasteiger partial charge in [-0.3, -0.25) is 4.79 Å². The fourth-order valence-corrected chi connectivity index (χ4v) is 3.41. The van der Waals surface area contributed by atoms with Crippen LogP contribution < -0.4 is 5.32 Å². The van der Waals surface area contributed by atoms with Crippen LogP contribution in [0.2, 0.25) is 4.34 Å². The van der Waals surface area contributed by atoms with E-state index in [1.807, 2.05) is 12.1 Å². The minimum atomic E-state index is -0.292. The van der Waals surface area contributed by atoms with Crippen molar-refractivity contribution < 1.29 is 9.90 Å². The van der Waals surface area contributed by atoms with Gasteiger partial charge in [-0.15, -0.1) is 23.1 Å². The van der Waals surface area contributed by atoms with Crippen molar-refractivity contribution in [2.24, 2.45) is 0 Å². The van der Waals surface area contributed by atoms with E-state index < -0.39 is 0 Å². The number of hydrogen-bond donors (Lipinski definition) is 2. The number of rotatable bonds is 8. The normalized spacial score (nSPS) is 12.4. The number of thiophene rings is 1. The van der Waals surface area contributed by atoms with Crippen molar-refractivity contribution in [2.75, 3.05) is 12.3 Å². The Hall–Kier alpha value is -0.230. The highest BCUT2D eigenvalue weighted by atomic mass is 35.5. The quantitative estimate of drug-likeness (QED) is 0.726. The third-order valence-corrected chi connectivity index (χ3v) is 4.62. The zero-order valence-electron chi connectivity index (χ0n) is 10.3. The highest BCUT2D eigenvalue weighted by Gasteiger charge is 2.03. The molecule has 6 heteroatoms. The van der Waals surface area contributed by atoms with Crippen LogP contribution in [0.1, 0.15) is 24.6 Å². The Morgan fingerprint density at radius 1 is 1.61 bits per heavy atom. The van der Waals surface area contributed by atoms with E-state index in [-0.39, 0.29) is 12.0 Å².